The molecule has 0 fully saturated rings. The maximum Gasteiger partial charge on any atom is 0.407 e. The molecule has 12 nitrogen and oxygen atoms in total. The highest BCUT2D eigenvalue weighted by molar-refractivity contribution is 5.89. The van der Waals surface area contributed by atoms with E-state index in [1.54, 1.807) is 27.7 Å². The van der Waals surface area contributed by atoms with Gasteiger partial charge in [0.2, 0.25) is 6.29 Å². The van der Waals surface area contributed by atoms with Gasteiger partial charge in [0, 0.05) is 13.0 Å². The van der Waals surface area contributed by atoms with Crippen molar-refractivity contribution in [1.29, 1.82) is 0 Å². The lowest BCUT2D eigenvalue weighted by Gasteiger charge is -2.19. The van der Waals surface area contributed by atoms with E-state index in [-0.39, 0.29) is 36.4 Å². The average Bonchev–Trinajstić information content (AvgIpc) is 2.60. The molecule has 0 aromatic heterocycles. The second kappa shape index (κ2) is 10.8. The predicted molar refractivity (Wildman–Crippen MR) is 101 cm³/mol. The van der Waals surface area contributed by atoms with Crippen molar-refractivity contribution in [2.24, 2.45) is 0 Å². The van der Waals surface area contributed by atoms with Gasteiger partial charge in [-0.15, -0.1) is 10.1 Å². The van der Waals surface area contributed by atoms with Gasteiger partial charge in [-0.05, 0) is 39.0 Å². The van der Waals surface area contributed by atoms with Crippen molar-refractivity contribution in [3.05, 3.63) is 33.9 Å². The Hall–Kier alpha value is -3.57. The predicted octanol–water partition coefficient (Wildman–Crippen LogP) is 2.53. The molecule has 0 aliphatic heterocycles. The standard InChI is InChI=1S/C18H24N2O10/c1-5-15(30-20(25)26)28-12-7-6-11(16(22)23)10-13(12)27-14(21)8-9-19-17(24)29-18(2,3)4/h6-7,10,15H,5,8-9H2,1-4H3,(H,19,24)(H,22,23). The summed E-state index contributed by atoms with van der Waals surface area (Å²) in [5, 5.41) is 21.0. The van der Waals surface area contributed by atoms with Crippen molar-refractivity contribution < 1.29 is 43.6 Å². The van der Waals surface area contributed by atoms with E-state index < -0.39 is 35.0 Å². The van der Waals surface area contributed by atoms with Crippen LogP contribution in [-0.4, -0.2) is 46.7 Å². The van der Waals surface area contributed by atoms with Gasteiger partial charge in [0.25, 0.3) is 5.09 Å². The van der Waals surface area contributed by atoms with Crippen molar-refractivity contribution in [1.82, 2.24) is 5.32 Å². The Labute approximate surface area is 172 Å². The third kappa shape index (κ3) is 9.08. The quantitative estimate of drug-likeness (QED) is 0.186. The van der Waals surface area contributed by atoms with Gasteiger partial charge < -0.3 is 24.6 Å². The van der Waals surface area contributed by atoms with Crippen LogP contribution >= 0.6 is 0 Å². The van der Waals surface area contributed by atoms with E-state index in [0.717, 1.165) is 6.07 Å². The van der Waals surface area contributed by atoms with Crippen LogP contribution in [0.25, 0.3) is 0 Å². The van der Waals surface area contributed by atoms with E-state index in [0.29, 0.717) is 0 Å². The van der Waals surface area contributed by atoms with Gasteiger partial charge in [-0.25, -0.2) is 9.59 Å². The molecule has 12 heteroatoms. The third-order valence-electron chi connectivity index (χ3n) is 3.21. The number of nitrogens with zero attached hydrogens (tertiary/aromatic N) is 1. The number of hydrogen-bond acceptors (Lipinski definition) is 9. The fraction of sp³-hybridized carbons (Fsp3) is 0.500. The molecule has 1 aromatic rings. The van der Waals surface area contributed by atoms with E-state index in [2.05, 4.69) is 10.2 Å². The van der Waals surface area contributed by atoms with Crippen LogP contribution in [0.3, 0.4) is 0 Å². The summed E-state index contributed by atoms with van der Waals surface area (Å²) < 4.78 is 15.5. The zero-order valence-corrected chi connectivity index (χ0v) is 17.0. The summed E-state index contributed by atoms with van der Waals surface area (Å²) in [6, 6.07) is 3.41. The molecular weight excluding hydrogens is 404 g/mol. The summed E-state index contributed by atoms with van der Waals surface area (Å²) >= 11 is 0. The molecule has 0 saturated carbocycles. The number of alkyl carbamates (subject to hydrolysis) is 1. The fourth-order valence-corrected chi connectivity index (χ4v) is 1.99. The van der Waals surface area contributed by atoms with Crippen LogP contribution < -0.4 is 14.8 Å². The van der Waals surface area contributed by atoms with Crippen LogP contribution in [0.5, 0.6) is 11.5 Å². The molecule has 1 unspecified atom stereocenters. The minimum absolute atomic E-state index is 0.0921. The Morgan fingerprint density at radius 1 is 1.23 bits per heavy atom. The summed E-state index contributed by atoms with van der Waals surface area (Å²) in [6.45, 7) is 6.52. The number of aromatic carboxylic acids is 1. The minimum atomic E-state index is -1.29. The Kier molecular flexibility index (Phi) is 8.84. The van der Waals surface area contributed by atoms with Crippen LogP contribution in [-0.2, 0) is 14.4 Å². The van der Waals surface area contributed by atoms with Gasteiger partial charge in [-0.3, -0.25) is 9.63 Å². The summed E-state index contributed by atoms with van der Waals surface area (Å²) in [5.74, 6) is -2.47. The van der Waals surface area contributed by atoms with Crippen LogP contribution in [0.15, 0.2) is 18.2 Å². The SMILES string of the molecule is CCC(Oc1ccc(C(=O)O)cc1OC(=O)CCNC(=O)OC(C)(C)C)O[N+](=O)[O-]. The highest BCUT2D eigenvalue weighted by atomic mass is 17.0. The van der Waals surface area contributed by atoms with E-state index >= 15 is 0 Å². The molecule has 0 aliphatic rings. The van der Waals surface area contributed by atoms with Gasteiger partial charge in [0.15, 0.2) is 11.5 Å². The Bertz CT molecular complexity index is 788. The first-order valence-electron chi connectivity index (χ1n) is 8.94. The van der Waals surface area contributed by atoms with Crippen LogP contribution in [0.4, 0.5) is 4.79 Å². The maximum absolute atomic E-state index is 12.1. The topological polar surface area (TPSA) is 164 Å². The number of hydrogen-bond donors (Lipinski definition) is 2. The molecule has 0 spiro atoms. The summed E-state index contributed by atoms with van der Waals surface area (Å²) in [7, 11) is 0. The van der Waals surface area contributed by atoms with E-state index in [1.165, 1.54) is 12.1 Å². The number of rotatable bonds is 10. The number of ether oxygens (including phenoxy) is 3. The van der Waals surface area contributed by atoms with E-state index in [4.69, 9.17) is 19.3 Å². The molecule has 30 heavy (non-hydrogen) atoms. The van der Waals surface area contributed by atoms with E-state index in [1.807, 2.05) is 0 Å². The second-order valence-electron chi connectivity index (χ2n) is 6.90. The fourth-order valence-electron chi connectivity index (χ4n) is 1.99. The average molecular weight is 428 g/mol. The molecule has 1 atom stereocenters. The molecule has 1 rings (SSSR count). The molecule has 1 amide bonds. The first-order valence-corrected chi connectivity index (χ1v) is 8.94. The summed E-state index contributed by atoms with van der Waals surface area (Å²) in [6.07, 6.45) is -2.16. The van der Waals surface area contributed by atoms with E-state index in [9.17, 15) is 24.5 Å². The molecule has 166 valence electrons. The number of carbonyl (C=O) groups is 3. The first-order chi connectivity index (χ1) is 13.9. The molecule has 2 N–H and O–H groups in total. The monoisotopic (exact) mass is 428 g/mol. The zero-order chi connectivity index (χ0) is 22.9. The Morgan fingerprint density at radius 3 is 2.43 bits per heavy atom. The molecule has 1 aromatic carbocycles. The first kappa shape index (κ1) is 24.5. The lowest BCUT2D eigenvalue weighted by atomic mass is 10.2. The highest BCUT2D eigenvalue weighted by Gasteiger charge is 2.20. The van der Waals surface area contributed by atoms with Crippen LogP contribution in [0.1, 0.15) is 50.9 Å². The van der Waals surface area contributed by atoms with Gasteiger partial charge in [-0.2, -0.15) is 0 Å². The molecule has 0 radical (unpaired) electrons. The second-order valence-corrected chi connectivity index (χ2v) is 6.90. The number of carboxylic acid groups (broad SMARTS) is 1. The van der Waals surface area contributed by atoms with Gasteiger partial charge in [-0.1, -0.05) is 6.92 Å². The number of esters is 1. The zero-order valence-electron chi connectivity index (χ0n) is 17.0. The van der Waals surface area contributed by atoms with Gasteiger partial charge in [0.05, 0.1) is 12.0 Å². The lowest BCUT2D eigenvalue weighted by molar-refractivity contribution is -0.778. The number of amides is 1. The van der Waals surface area contributed by atoms with Gasteiger partial charge >= 0.3 is 18.0 Å². The molecule has 0 heterocycles. The van der Waals surface area contributed by atoms with Crippen molar-refractivity contribution in [2.45, 2.75) is 52.4 Å². The Balaban J connectivity index is 2.82. The number of benzene rings is 1. The molecule has 0 aliphatic carbocycles. The largest absolute Gasteiger partial charge is 0.478 e. The summed E-state index contributed by atoms with van der Waals surface area (Å²) in [4.78, 5) is 49.7. The minimum Gasteiger partial charge on any atom is -0.478 e. The van der Waals surface area contributed by atoms with Crippen molar-refractivity contribution >= 4 is 18.0 Å². The lowest BCUT2D eigenvalue weighted by Crippen LogP contribution is -2.34. The van der Waals surface area contributed by atoms with Crippen molar-refractivity contribution in [2.75, 3.05) is 6.54 Å². The molecule has 0 bridgehead atoms. The molecular formula is C18H24N2O10. The van der Waals surface area contributed by atoms with Crippen molar-refractivity contribution in [3.63, 3.8) is 0 Å². The third-order valence-corrected chi connectivity index (χ3v) is 3.21. The highest BCUT2D eigenvalue weighted by Crippen LogP contribution is 2.30. The number of carboxylic acids is 1. The molecule has 0 saturated heterocycles. The smallest absolute Gasteiger partial charge is 0.407 e. The number of carbonyl (C=O) groups excluding carboxylic acids is 2. The number of nitrogens with one attached hydrogen (secondary N) is 1. The normalized spacial score (nSPS) is 11.7. The summed E-state index contributed by atoms with van der Waals surface area (Å²) in [5.41, 5.74) is -0.893. The van der Waals surface area contributed by atoms with Crippen LogP contribution in [0, 0.1) is 10.1 Å². The van der Waals surface area contributed by atoms with Crippen LogP contribution in [0.2, 0.25) is 0 Å². The maximum atomic E-state index is 12.1. The van der Waals surface area contributed by atoms with Crippen molar-refractivity contribution in [3.8, 4) is 11.5 Å². The van der Waals surface area contributed by atoms with Gasteiger partial charge in [0.1, 0.15) is 5.60 Å². The Morgan fingerprint density at radius 2 is 1.90 bits per heavy atom.